The van der Waals surface area contributed by atoms with Crippen LogP contribution in [-0.2, 0) is 16.0 Å². The van der Waals surface area contributed by atoms with Gasteiger partial charge in [-0.1, -0.05) is 30.3 Å². The van der Waals surface area contributed by atoms with E-state index in [1.54, 1.807) is 37.3 Å². The number of fused-ring (bicyclic) bond motifs is 1. The van der Waals surface area contributed by atoms with Crippen LogP contribution in [0.25, 0.3) is 10.9 Å². The number of hydrogen-bond donors (Lipinski definition) is 2. The van der Waals surface area contributed by atoms with E-state index in [0.29, 0.717) is 23.2 Å². The normalized spacial score (nSPS) is 10.6. The van der Waals surface area contributed by atoms with Crippen LogP contribution in [0.3, 0.4) is 0 Å². The molecule has 2 N–H and O–H groups in total. The van der Waals surface area contributed by atoms with Crippen LogP contribution >= 0.6 is 0 Å². The zero-order valence-corrected chi connectivity index (χ0v) is 15.0. The van der Waals surface area contributed by atoms with Crippen LogP contribution in [0.1, 0.15) is 29.3 Å². The molecule has 0 saturated carbocycles. The van der Waals surface area contributed by atoms with E-state index in [9.17, 15) is 14.4 Å². The number of carbonyl (C=O) groups is 2. The van der Waals surface area contributed by atoms with Gasteiger partial charge < -0.3 is 15.0 Å². The van der Waals surface area contributed by atoms with E-state index in [1.165, 1.54) is 0 Å². The Morgan fingerprint density at radius 2 is 1.81 bits per heavy atom. The molecule has 138 valence electrons. The summed E-state index contributed by atoms with van der Waals surface area (Å²) in [4.78, 5) is 39.3. The van der Waals surface area contributed by atoms with Crippen LogP contribution in [0, 0.1) is 0 Å². The number of H-pyrrole nitrogens is 1. The van der Waals surface area contributed by atoms with Crippen LogP contribution in [-0.4, -0.2) is 23.5 Å². The number of aromatic amines is 1. The fourth-order valence-electron chi connectivity index (χ4n) is 2.82. The molecule has 0 aliphatic rings. The maximum absolute atomic E-state index is 12.3. The van der Waals surface area contributed by atoms with Gasteiger partial charge in [0.2, 0.25) is 5.91 Å². The number of amides is 1. The van der Waals surface area contributed by atoms with Crippen molar-refractivity contribution in [2.75, 3.05) is 11.9 Å². The summed E-state index contributed by atoms with van der Waals surface area (Å²) in [6.45, 7) is 1.98. The number of para-hydroxylation sites is 2. The second-order valence-electron chi connectivity index (χ2n) is 6.03. The first-order chi connectivity index (χ1) is 13.1. The van der Waals surface area contributed by atoms with Gasteiger partial charge >= 0.3 is 5.97 Å². The van der Waals surface area contributed by atoms with E-state index < -0.39 is 5.97 Å². The number of hydrogen-bond acceptors (Lipinski definition) is 4. The average Bonchev–Trinajstić information content (AvgIpc) is 2.67. The van der Waals surface area contributed by atoms with Gasteiger partial charge in [0, 0.05) is 17.5 Å². The highest BCUT2D eigenvalue weighted by Gasteiger charge is 2.14. The SMILES string of the molecule is CCOC(=O)c1ccccc1NC(=O)CCc1cc2ccccc2[nH]c1=O. The first kappa shape index (κ1) is 18.4. The molecule has 0 aliphatic heterocycles. The molecule has 0 fully saturated rings. The summed E-state index contributed by atoms with van der Waals surface area (Å²) >= 11 is 0. The van der Waals surface area contributed by atoms with E-state index in [2.05, 4.69) is 10.3 Å². The Labute approximate surface area is 156 Å². The van der Waals surface area contributed by atoms with Crippen LogP contribution in [0.4, 0.5) is 5.69 Å². The number of aryl methyl sites for hydroxylation is 1. The van der Waals surface area contributed by atoms with Crippen molar-refractivity contribution >= 4 is 28.5 Å². The molecule has 0 spiro atoms. The van der Waals surface area contributed by atoms with Crippen molar-refractivity contribution in [3.8, 4) is 0 Å². The van der Waals surface area contributed by atoms with Crippen molar-refractivity contribution < 1.29 is 14.3 Å². The number of aromatic nitrogens is 1. The van der Waals surface area contributed by atoms with Crippen molar-refractivity contribution in [3.63, 3.8) is 0 Å². The second kappa shape index (κ2) is 8.31. The van der Waals surface area contributed by atoms with Crippen LogP contribution in [0.15, 0.2) is 59.4 Å². The van der Waals surface area contributed by atoms with E-state index in [1.807, 2.05) is 24.3 Å². The van der Waals surface area contributed by atoms with Crippen molar-refractivity contribution in [1.29, 1.82) is 0 Å². The zero-order chi connectivity index (χ0) is 19.2. The summed E-state index contributed by atoms with van der Waals surface area (Å²) in [5, 5.41) is 3.64. The van der Waals surface area contributed by atoms with Gasteiger partial charge in [0.25, 0.3) is 5.56 Å². The molecule has 6 heteroatoms. The number of ether oxygens (including phenoxy) is 1. The lowest BCUT2D eigenvalue weighted by atomic mass is 10.1. The van der Waals surface area contributed by atoms with Gasteiger partial charge in [0.15, 0.2) is 0 Å². The summed E-state index contributed by atoms with van der Waals surface area (Å²) in [7, 11) is 0. The fourth-order valence-corrected chi connectivity index (χ4v) is 2.82. The summed E-state index contributed by atoms with van der Waals surface area (Å²) < 4.78 is 5.00. The molecule has 0 atom stereocenters. The van der Waals surface area contributed by atoms with Crippen molar-refractivity contribution in [2.24, 2.45) is 0 Å². The highest BCUT2D eigenvalue weighted by Crippen LogP contribution is 2.17. The predicted molar refractivity (Wildman–Crippen MR) is 104 cm³/mol. The average molecular weight is 364 g/mol. The molecule has 0 bridgehead atoms. The second-order valence-corrected chi connectivity index (χ2v) is 6.03. The lowest BCUT2D eigenvalue weighted by Crippen LogP contribution is -2.18. The maximum atomic E-state index is 12.3. The summed E-state index contributed by atoms with van der Waals surface area (Å²) in [5.41, 5.74) is 1.81. The first-order valence-electron chi connectivity index (χ1n) is 8.75. The third kappa shape index (κ3) is 4.41. The molecule has 1 aromatic heterocycles. The van der Waals surface area contributed by atoms with Crippen LogP contribution in [0.2, 0.25) is 0 Å². The molecular formula is C21H20N2O4. The maximum Gasteiger partial charge on any atom is 0.340 e. The molecule has 1 amide bonds. The Balaban J connectivity index is 1.70. The Morgan fingerprint density at radius 3 is 2.63 bits per heavy atom. The number of rotatable bonds is 6. The fraction of sp³-hybridized carbons (Fsp3) is 0.190. The summed E-state index contributed by atoms with van der Waals surface area (Å²) in [6.07, 6.45) is 0.423. The lowest BCUT2D eigenvalue weighted by molar-refractivity contribution is -0.116. The molecule has 3 rings (SSSR count). The minimum atomic E-state index is -0.487. The molecule has 1 heterocycles. The third-order valence-corrected chi connectivity index (χ3v) is 4.15. The van der Waals surface area contributed by atoms with E-state index in [4.69, 9.17) is 4.74 Å². The molecule has 27 heavy (non-hydrogen) atoms. The first-order valence-corrected chi connectivity index (χ1v) is 8.75. The number of esters is 1. The van der Waals surface area contributed by atoms with Gasteiger partial charge in [-0.15, -0.1) is 0 Å². The van der Waals surface area contributed by atoms with Gasteiger partial charge in [-0.3, -0.25) is 9.59 Å². The van der Waals surface area contributed by atoms with Gasteiger partial charge in [-0.05, 0) is 43.0 Å². The van der Waals surface area contributed by atoms with Gasteiger partial charge in [-0.25, -0.2) is 4.79 Å². The quantitative estimate of drug-likeness (QED) is 0.657. The van der Waals surface area contributed by atoms with E-state index in [0.717, 1.165) is 10.9 Å². The molecular weight excluding hydrogens is 344 g/mol. The Bertz CT molecular complexity index is 1040. The third-order valence-electron chi connectivity index (χ3n) is 4.15. The van der Waals surface area contributed by atoms with Crippen molar-refractivity contribution in [3.05, 3.63) is 76.1 Å². The Kier molecular flexibility index (Phi) is 5.66. The van der Waals surface area contributed by atoms with E-state index >= 15 is 0 Å². The lowest BCUT2D eigenvalue weighted by Gasteiger charge is -2.10. The minimum Gasteiger partial charge on any atom is -0.462 e. The molecule has 2 aromatic carbocycles. The van der Waals surface area contributed by atoms with E-state index in [-0.39, 0.29) is 24.5 Å². The molecule has 0 aliphatic carbocycles. The van der Waals surface area contributed by atoms with Crippen LogP contribution < -0.4 is 10.9 Å². The largest absolute Gasteiger partial charge is 0.462 e. The van der Waals surface area contributed by atoms with Crippen LogP contribution in [0.5, 0.6) is 0 Å². The number of nitrogens with one attached hydrogen (secondary N) is 2. The number of benzene rings is 2. The Morgan fingerprint density at radius 1 is 1.07 bits per heavy atom. The highest BCUT2D eigenvalue weighted by atomic mass is 16.5. The molecule has 3 aromatic rings. The summed E-state index contributed by atoms with van der Waals surface area (Å²) in [5.74, 6) is -0.765. The highest BCUT2D eigenvalue weighted by molar-refractivity contribution is 6.01. The number of anilines is 1. The monoisotopic (exact) mass is 364 g/mol. The smallest absolute Gasteiger partial charge is 0.340 e. The van der Waals surface area contributed by atoms with Gasteiger partial charge in [0.05, 0.1) is 17.9 Å². The minimum absolute atomic E-state index is 0.124. The topological polar surface area (TPSA) is 88.3 Å². The molecule has 0 saturated heterocycles. The molecule has 0 unspecified atom stereocenters. The van der Waals surface area contributed by atoms with Gasteiger partial charge in [0.1, 0.15) is 0 Å². The molecule has 6 nitrogen and oxygen atoms in total. The van der Waals surface area contributed by atoms with Crippen molar-refractivity contribution in [2.45, 2.75) is 19.8 Å². The number of carbonyl (C=O) groups excluding carboxylic acids is 2. The van der Waals surface area contributed by atoms with Crippen molar-refractivity contribution in [1.82, 2.24) is 4.98 Å². The standard InChI is InChI=1S/C21H20N2O4/c1-2-27-21(26)16-8-4-6-10-18(16)22-19(24)12-11-15-13-14-7-3-5-9-17(14)23-20(15)25/h3-10,13H,2,11-12H2,1H3,(H,22,24)(H,23,25). The van der Waals surface area contributed by atoms with Gasteiger partial charge in [-0.2, -0.15) is 0 Å². The number of pyridine rings is 1. The predicted octanol–water partition coefficient (Wildman–Crippen LogP) is 3.28. The Hall–Kier alpha value is -3.41. The zero-order valence-electron chi connectivity index (χ0n) is 15.0. The molecule has 0 radical (unpaired) electrons. The summed E-state index contributed by atoms with van der Waals surface area (Å²) in [6, 6.07) is 16.0.